The van der Waals surface area contributed by atoms with Crippen molar-refractivity contribution in [2.75, 3.05) is 18.4 Å². The van der Waals surface area contributed by atoms with Crippen molar-refractivity contribution in [2.45, 2.75) is 90.9 Å². The summed E-state index contributed by atoms with van der Waals surface area (Å²) in [5, 5.41) is 12.5. The zero-order valence-corrected chi connectivity index (χ0v) is 28.3. The first-order valence-electron chi connectivity index (χ1n) is 16.1. The molecule has 2 N–H and O–H groups in total. The lowest BCUT2D eigenvalue weighted by molar-refractivity contribution is -0.159. The number of ether oxygens (including phenoxy) is 2. The zero-order chi connectivity index (χ0) is 36.6. The molecule has 3 heterocycles. The van der Waals surface area contributed by atoms with Crippen LogP contribution in [0.15, 0.2) is 47.5 Å². The maximum absolute atomic E-state index is 14.9. The Balaban J connectivity index is 1.21. The number of piperidine rings is 1. The van der Waals surface area contributed by atoms with Gasteiger partial charge >= 0.3 is 12.2 Å². The van der Waals surface area contributed by atoms with Crippen molar-refractivity contribution in [1.82, 2.24) is 29.8 Å². The average molecular weight is 708 g/mol. The first kappa shape index (κ1) is 37.9. The van der Waals surface area contributed by atoms with Crippen LogP contribution in [0.25, 0.3) is 0 Å². The van der Waals surface area contributed by atoms with Crippen LogP contribution in [0.5, 0.6) is 5.75 Å². The minimum atomic E-state index is -3.36. The number of alkyl halides is 3. The summed E-state index contributed by atoms with van der Waals surface area (Å²) in [4.78, 5) is 51.6. The number of hydrogen-bond acceptors (Lipinski definition) is 8. The summed E-state index contributed by atoms with van der Waals surface area (Å²) in [7, 11) is 0. The number of rotatable bonds is 13. The van der Waals surface area contributed by atoms with E-state index in [9.17, 15) is 36.7 Å². The number of carbonyl (C=O) groups is 3. The van der Waals surface area contributed by atoms with Gasteiger partial charge in [-0.2, -0.15) is 13.2 Å². The van der Waals surface area contributed by atoms with Crippen LogP contribution in [0.4, 0.5) is 28.0 Å². The van der Waals surface area contributed by atoms with Crippen LogP contribution in [0, 0.1) is 11.7 Å². The number of nitrogens with one attached hydrogen (secondary N) is 2. The van der Waals surface area contributed by atoms with Gasteiger partial charge in [0.1, 0.15) is 17.5 Å². The first-order valence-corrected chi connectivity index (χ1v) is 16.1. The molecule has 1 aromatic carbocycles. The Labute approximate surface area is 285 Å². The van der Waals surface area contributed by atoms with Crippen molar-refractivity contribution in [2.24, 2.45) is 5.92 Å². The summed E-state index contributed by atoms with van der Waals surface area (Å²) < 4.78 is 67.9. The molecule has 50 heavy (non-hydrogen) atoms. The van der Waals surface area contributed by atoms with E-state index < -0.39 is 47.2 Å². The van der Waals surface area contributed by atoms with Crippen molar-refractivity contribution in [3.63, 3.8) is 0 Å². The van der Waals surface area contributed by atoms with E-state index in [1.165, 1.54) is 36.7 Å². The number of nitrogens with zero attached hydrogens (tertiary/aromatic N) is 5. The SMILES string of the molecule is CC(C)(C)OC(=O)N1CCC(CC(=O)Nc2ccn(CCC(F)Cn3cc(C(=O)NCc4cccc(OC(C)(F)F)c4)nn3)c(=O)c2F)CC1. The number of anilines is 1. The molecule has 2 aromatic heterocycles. The summed E-state index contributed by atoms with van der Waals surface area (Å²) in [5.41, 5.74) is -1.53. The number of benzene rings is 1. The van der Waals surface area contributed by atoms with Crippen molar-refractivity contribution in [1.29, 1.82) is 0 Å². The van der Waals surface area contributed by atoms with Gasteiger partial charge in [-0.15, -0.1) is 5.10 Å². The quantitative estimate of drug-likeness (QED) is 0.238. The number of amides is 3. The molecule has 4 rings (SSSR count). The maximum atomic E-state index is 14.9. The van der Waals surface area contributed by atoms with Crippen molar-refractivity contribution in [3.8, 4) is 5.75 Å². The third kappa shape index (κ3) is 11.6. The molecule has 0 spiro atoms. The molecule has 3 aromatic rings. The fraction of sp³-hybridized carbons (Fsp3) is 0.515. The second-order valence-corrected chi connectivity index (χ2v) is 13.2. The number of pyridine rings is 1. The van der Waals surface area contributed by atoms with Crippen LogP contribution >= 0.6 is 0 Å². The molecule has 1 unspecified atom stereocenters. The summed E-state index contributed by atoms with van der Waals surface area (Å²) in [5.74, 6) is -2.37. The van der Waals surface area contributed by atoms with E-state index in [2.05, 4.69) is 25.7 Å². The Hall–Kier alpha value is -4.96. The normalized spacial score (nSPS) is 14.6. The molecule has 3 amide bonds. The van der Waals surface area contributed by atoms with Crippen LogP contribution in [0.3, 0.4) is 0 Å². The lowest BCUT2D eigenvalue weighted by atomic mass is 9.93. The van der Waals surface area contributed by atoms with Gasteiger partial charge in [0.25, 0.3) is 11.5 Å². The number of likely N-dealkylation sites (tertiary alicyclic amines) is 1. The second kappa shape index (κ2) is 16.2. The largest absolute Gasteiger partial charge is 0.444 e. The molecule has 1 atom stereocenters. The Morgan fingerprint density at radius 1 is 1.10 bits per heavy atom. The molecule has 1 saturated heterocycles. The molecule has 0 saturated carbocycles. The summed E-state index contributed by atoms with van der Waals surface area (Å²) in [6.07, 6.45) is -1.78. The Bertz CT molecular complexity index is 1710. The highest BCUT2D eigenvalue weighted by Gasteiger charge is 2.28. The van der Waals surface area contributed by atoms with E-state index in [0.717, 1.165) is 9.25 Å². The van der Waals surface area contributed by atoms with Gasteiger partial charge in [-0.05, 0) is 69.7 Å². The van der Waals surface area contributed by atoms with E-state index >= 15 is 0 Å². The van der Waals surface area contributed by atoms with E-state index in [0.29, 0.717) is 38.4 Å². The van der Waals surface area contributed by atoms with E-state index in [-0.39, 0.29) is 55.5 Å². The maximum Gasteiger partial charge on any atom is 0.410 e. The lowest BCUT2D eigenvalue weighted by Crippen LogP contribution is -2.42. The van der Waals surface area contributed by atoms with Gasteiger partial charge in [-0.25, -0.2) is 13.9 Å². The van der Waals surface area contributed by atoms with Crippen LogP contribution in [0.1, 0.15) is 69.4 Å². The van der Waals surface area contributed by atoms with Crippen LogP contribution < -0.4 is 20.9 Å². The van der Waals surface area contributed by atoms with E-state index in [1.807, 2.05) is 0 Å². The number of halogens is 4. The lowest BCUT2D eigenvalue weighted by Gasteiger charge is -2.33. The molecule has 0 bridgehead atoms. The number of aryl methyl sites for hydroxylation is 1. The predicted molar refractivity (Wildman–Crippen MR) is 173 cm³/mol. The van der Waals surface area contributed by atoms with Gasteiger partial charge in [-0.1, -0.05) is 17.3 Å². The van der Waals surface area contributed by atoms with Gasteiger partial charge in [0.05, 0.1) is 18.4 Å². The Morgan fingerprint density at radius 3 is 2.50 bits per heavy atom. The molecule has 0 aliphatic carbocycles. The minimum absolute atomic E-state index is 0.0194. The molecule has 1 aliphatic rings. The smallest absolute Gasteiger partial charge is 0.410 e. The first-order chi connectivity index (χ1) is 23.5. The fourth-order valence-corrected chi connectivity index (χ4v) is 5.19. The number of aromatic nitrogens is 4. The molecule has 1 fully saturated rings. The Kier molecular flexibility index (Phi) is 12.2. The van der Waals surface area contributed by atoms with E-state index in [1.54, 1.807) is 31.7 Å². The average Bonchev–Trinajstić information content (AvgIpc) is 3.49. The summed E-state index contributed by atoms with van der Waals surface area (Å²) in [6.45, 7) is 6.33. The van der Waals surface area contributed by atoms with Crippen LogP contribution in [-0.2, 0) is 29.2 Å². The predicted octanol–water partition coefficient (Wildman–Crippen LogP) is 4.90. The monoisotopic (exact) mass is 707 g/mol. The molecule has 1 aliphatic heterocycles. The van der Waals surface area contributed by atoms with E-state index in [4.69, 9.17) is 4.74 Å². The molecular formula is C33H41F4N7O6. The highest BCUT2D eigenvalue weighted by Crippen LogP contribution is 2.24. The van der Waals surface area contributed by atoms with Gasteiger partial charge in [0, 0.05) is 45.7 Å². The molecule has 272 valence electrons. The van der Waals surface area contributed by atoms with Gasteiger partial charge in [0.15, 0.2) is 5.69 Å². The molecule has 0 radical (unpaired) electrons. The second-order valence-electron chi connectivity index (χ2n) is 13.2. The van der Waals surface area contributed by atoms with Crippen LogP contribution in [0.2, 0.25) is 0 Å². The van der Waals surface area contributed by atoms with Crippen LogP contribution in [-0.4, -0.2) is 73.3 Å². The number of carbonyl (C=O) groups excluding carboxylic acids is 3. The van der Waals surface area contributed by atoms with Gasteiger partial charge < -0.3 is 29.6 Å². The van der Waals surface area contributed by atoms with Gasteiger partial charge in [-0.3, -0.25) is 14.4 Å². The third-order valence-electron chi connectivity index (χ3n) is 7.61. The summed E-state index contributed by atoms with van der Waals surface area (Å²) >= 11 is 0. The highest BCUT2D eigenvalue weighted by atomic mass is 19.3. The molecular weight excluding hydrogens is 666 g/mol. The number of hydrogen-bond donors (Lipinski definition) is 2. The fourth-order valence-electron chi connectivity index (χ4n) is 5.19. The van der Waals surface area contributed by atoms with Crippen molar-refractivity contribution < 1.29 is 41.4 Å². The van der Waals surface area contributed by atoms with Crippen molar-refractivity contribution in [3.05, 3.63) is 70.2 Å². The Morgan fingerprint density at radius 2 is 1.82 bits per heavy atom. The minimum Gasteiger partial charge on any atom is -0.444 e. The highest BCUT2D eigenvalue weighted by molar-refractivity contribution is 5.92. The standard InChI is InChI=1S/C33H41F4N7O6/c1-32(2,3)50-31(48)43-12-8-21(9-13-43)17-27(45)39-25-11-15-42(30(47)28(25)35)14-10-23(34)19-44-20-26(40-41-44)29(46)38-18-22-6-5-7-24(16-22)49-33(4,36)37/h5-7,11,15-16,20-21,23H,8-10,12-14,17-19H2,1-4H3,(H,38,46)(H,39,45). The topological polar surface area (TPSA) is 150 Å². The zero-order valence-electron chi connectivity index (χ0n) is 28.3. The third-order valence-corrected chi connectivity index (χ3v) is 7.61. The summed E-state index contributed by atoms with van der Waals surface area (Å²) in [6, 6.07) is 7.05. The molecule has 13 nitrogen and oxygen atoms in total. The van der Waals surface area contributed by atoms with Gasteiger partial charge in [0.2, 0.25) is 11.7 Å². The molecule has 17 heteroatoms. The van der Waals surface area contributed by atoms with Crippen molar-refractivity contribution >= 4 is 23.6 Å².